The number of anilines is 1. The van der Waals surface area contributed by atoms with Crippen LogP contribution in [0.5, 0.6) is 0 Å². The van der Waals surface area contributed by atoms with Crippen molar-refractivity contribution >= 4 is 17.1 Å². The van der Waals surface area contributed by atoms with E-state index in [1.807, 2.05) is 24.4 Å². The monoisotopic (exact) mass is 271 g/mol. The lowest BCUT2D eigenvalue weighted by molar-refractivity contribution is -0.116. The third-order valence-electron chi connectivity index (χ3n) is 4.19. The molecule has 0 unspecified atom stereocenters. The van der Waals surface area contributed by atoms with Gasteiger partial charge < -0.3 is 5.32 Å². The Hall–Kier alpha value is -1.84. The van der Waals surface area contributed by atoms with Gasteiger partial charge in [0.15, 0.2) is 0 Å². The van der Waals surface area contributed by atoms with E-state index in [-0.39, 0.29) is 5.91 Å². The van der Waals surface area contributed by atoms with Crippen LogP contribution >= 0.6 is 0 Å². The fraction of sp³-hybridized carbons (Fsp3) is 0.500. The highest BCUT2D eigenvalue weighted by Crippen LogP contribution is 2.27. The largest absolute Gasteiger partial charge is 0.326 e. The number of carbonyl (C=O) groups excluding carboxylic acids is 1. The summed E-state index contributed by atoms with van der Waals surface area (Å²) < 4.78 is 1.79. The predicted molar refractivity (Wildman–Crippen MR) is 79.6 cm³/mol. The van der Waals surface area contributed by atoms with E-state index in [4.69, 9.17) is 0 Å². The summed E-state index contributed by atoms with van der Waals surface area (Å²) in [6, 6.07) is 5.77. The van der Waals surface area contributed by atoms with Crippen LogP contribution in [-0.4, -0.2) is 15.5 Å². The average molecular weight is 271 g/mol. The number of pyridine rings is 1. The number of hydrogen-bond acceptors (Lipinski definition) is 2. The molecule has 0 spiro atoms. The first-order chi connectivity index (χ1) is 9.81. The Labute approximate surface area is 119 Å². The Morgan fingerprint density at radius 3 is 3.00 bits per heavy atom. The van der Waals surface area contributed by atoms with Gasteiger partial charge in [-0.25, -0.2) is 4.52 Å². The highest BCUT2D eigenvalue weighted by molar-refractivity contribution is 5.91. The summed E-state index contributed by atoms with van der Waals surface area (Å²) in [5.74, 6) is 0.881. The molecule has 2 aromatic rings. The number of nitrogens with one attached hydrogen (secondary N) is 1. The molecular weight excluding hydrogens is 250 g/mol. The highest BCUT2D eigenvalue weighted by atomic mass is 16.1. The maximum absolute atomic E-state index is 12.0. The molecule has 0 bridgehead atoms. The van der Waals surface area contributed by atoms with Gasteiger partial charge in [-0.2, -0.15) is 5.10 Å². The summed E-state index contributed by atoms with van der Waals surface area (Å²) in [5.41, 5.74) is 1.85. The van der Waals surface area contributed by atoms with Crippen molar-refractivity contribution in [3.05, 3.63) is 30.6 Å². The number of carbonyl (C=O) groups is 1. The Bertz CT molecular complexity index is 584. The minimum atomic E-state index is 0.124. The molecule has 4 nitrogen and oxygen atoms in total. The van der Waals surface area contributed by atoms with Gasteiger partial charge in [-0.1, -0.05) is 32.1 Å². The molecule has 1 saturated carbocycles. The Morgan fingerprint density at radius 2 is 2.15 bits per heavy atom. The van der Waals surface area contributed by atoms with Gasteiger partial charge in [-0.15, -0.1) is 0 Å². The Kier molecular flexibility index (Phi) is 4.00. The number of nitrogens with zero attached hydrogens (tertiary/aromatic N) is 2. The molecule has 0 atom stereocenters. The number of amides is 1. The molecule has 0 aliphatic heterocycles. The molecule has 1 aliphatic rings. The van der Waals surface area contributed by atoms with E-state index in [0.29, 0.717) is 6.42 Å². The highest BCUT2D eigenvalue weighted by Gasteiger charge is 2.14. The van der Waals surface area contributed by atoms with Crippen LogP contribution in [0.25, 0.3) is 5.52 Å². The molecular formula is C16H21N3O. The number of aromatic nitrogens is 2. The standard InChI is InChI=1S/C16H21N3O/c20-16(7-6-13-4-2-1-3-5-13)18-14-9-11-19-15(12-14)8-10-17-19/h8-13H,1-7H2,(H,18,20). The molecule has 1 amide bonds. The van der Waals surface area contributed by atoms with Gasteiger partial charge in [0.1, 0.15) is 0 Å². The molecule has 0 saturated heterocycles. The minimum Gasteiger partial charge on any atom is -0.326 e. The fourth-order valence-corrected chi connectivity index (χ4v) is 3.03. The van der Waals surface area contributed by atoms with E-state index in [0.717, 1.165) is 23.5 Å². The van der Waals surface area contributed by atoms with Crippen molar-refractivity contribution in [3.63, 3.8) is 0 Å². The molecule has 0 aromatic carbocycles. The summed E-state index contributed by atoms with van der Waals surface area (Å²) in [5, 5.41) is 7.12. The maximum atomic E-state index is 12.0. The Balaban J connectivity index is 1.52. The van der Waals surface area contributed by atoms with Crippen LogP contribution in [0.4, 0.5) is 5.69 Å². The molecule has 0 radical (unpaired) electrons. The number of hydrogen-bond donors (Lipinski definition) is 1. The zero-order chi connectivity index (χ0) is 13.8. The first-order valence-corrected chi connectivity index (χ1v) is 7.54. The second-order valence-electron chi connectivity index (χ2n) is 5.71. The van der Waals surface area contributed by atoms with Crippen LogP contribution in [0, 0.1) is 5.92 Å². The van der Waals surface area contributed by atoms with Gasteiger partial charge in [0.2, 0.25) is 5.91 Å². The van der Waals surface area contributed by atoms with Gasteiger partial charge in [0.25, 0.3) is 0 Å². The van der Waals surface area contributed by atoms with Crippen molar-refractivity contribution in [3.8, 4) is 0 Å². The minimum absolute atomic E-state index is 0.124. The molecule has 2 heterocycles. The van der Waals surface area contributed by atoms with E-state index >= 15 is 0 Å². The van der Waals surface area contributed by atoms with Gasteiger partial charge in [0, 0.05) is 24.5 Å². The van der Waals surface area contributed by atoms with E-state index < -0.39 is 0 Å². The summed E-state index contributed by atoms with van der Waals surface area (Å²) in [6.45, 7) is 0. The molecule has 4 heteroatoms. The second-order valence-corrected chi connectivity index (χ2v) is 5.71. The van der Waals surface area contributed by atoms with E-state index in [2.05, 4.69) is 10.4 Å². The van der Waals surface area contributed by atoms with Crippen LogP contribution in [0.1, 0.15) is 44.9 Å². The van der Waals surface area contributed by atoms with Crippen molar-refractivity contribution in [2.45, 2.75) is 44.9 Å². The van der Waals surface area contributed by atoms with Crippen LogP contribution < -0.4 is 5.32 Å². The van der Waals surface area contributed by atoms with Gasteiger partial charge in [-0.3, -0.25) is 4.79 Å². The summed E-state index contributed by atoms with van der Waals surface area (Å²) in [6.07, 6.45) is 11.9. The van der Waals surface area contributed by atoms with Gasteiger partial charge >= 0.3 is 0 Å². The van der Waals surface area contributed by atoms with Crippen LogP contribution in [0.15, 0.2) is 30.6 Å². The lowest BCUT2D eigenvalue weighted by atomic mass is 9.86. The van der Waals surface area contributed by atoms with Gasteiger partial charge in [0.05, 0.1) is 5.52 Å². The smallest absolute Gasteiger partial charge is 0.224 e. The topological polar surface area (TPSA) is 46.4 Å². The molecule has 2 aromatic heterocycles. The van der Waals surface area contributed by atoms with Crippen LogP contribution in [0.3, 0.4) is 0 Å². The van der Waals surface area contributed by atoms with E-state index in [1.165, 1.54) is 32.1 Å². The lowest BCUT2D eigenvalue weighted by Gasteiger charge is -2.20. The maximum Gasteiger partial charge on any atom is 0.224 e. The summed E-state index contributed by atoms with van der Waals surface area (Å²) in [4.78, 5) is 12.0. The molecule has 1 N–H and O–H groups in total. The first-order valence-electron chi connectivity index (χ1n) is 7.54. The van der Waals surface area contributed by atoms with Crippen molar-refractivity contribution < 1.29 is 4.79 Å². The SMILES string of the molecule is O=C(CCC1CCCCC1)Nc1ccn2nccc2c1. The predicted octanol–water partition coefficient (Wildman–Crippen LogP) is 3.63. The average Bonchev–Trinajstić information content (AvgIpc) is 2.94. The van der Waals surface area contributed by atoms with Crippen molar-refractivity contribution in [1.82, 2.24) is 9.61 Å². The van der Waals surface area contributed by atoms with Crippen LogP contribution in [-0.2, 0) is 4.79 Å². The van der Waals surface area contributed by atoms with Gasteiger partial charge in [-0.05, 0) is 30.5 Å². The third-order valence-corrected chi connectivity index (χ3v) is 4.19. The van der Waals surface area contributed by atoms with E-state index in [9.17, 15) is 4.79 Å². The summed E-state index contributed by atoms with van der Waals surface area (Å²) >= 11 is 0. The molecule has 3 rings (SSSR count). The second kappa shape index (κ2) is 6.07. The van der Waals surface area contributed by atoms with Crippen LogP contribution in [0.2, 0.25) is 0 Å². The van der Waals surface area contributed by atoms with Crippen molar-refractivity contribution in [2.75, 3.05) is 5.32 Å². The zero-order valence-corrected chi connectivity index (χ0v) is 11.7. The lowest BCUT2D eigenvalue weighted by Crippen LogP contribution is -2.15. The van der Waals surface area contributed by atoms with Crippen molar-refractivity contribution in [1.29, 1.82) is 0 Å². The molecule has 20 heavy (non-hydrogen) atoms. The van der Waals surface area contributed by atoms with E-state index in [1.54, 1.807) is 10.7 Å². The first kappa shape index (κ1) is 13.2. The number of rotatable bonds is 4. The fourth-order valence-electron chi connectivity index (χ4n) is 3.03. The normalized spacial score (nSPS) is 16.4. The Morgan fingerprint density at radius 1 is 1.30 bits per heavy atom. The molecule has 106 valence electrons. The summed E-state index contributed by atoms with van der Waals surface area (Å²) in [7, 11) is 0. The quantitative estimate of drug-likeness (QED) is 0.923. The zero-order valence-electron chi connectivity index (χ0n) is 11.7. The molecule has 1 aliphatic carbocycles. The third kappa shape index (κ3) is 3.18. The molecule has 1 fully saturated rings. The number of fused-ring (bicyclic) bond motifs is 1. The van der Waals surface area contributed by atoms with Crippen molar-refractivity contribution in [2.24, 2.45) is 5.92 Å².